The van der Waals surface area contributed by atoms with Gasteiger partial charge in [-0.05, 0) is 48.4 Å². The molecule has 6 heteroatoms. The molecule has 0 fully saturated rings. The number of aryl methyl sites for hydroxylation is 1. The summed E-state index contributed by atoms with van der Waals surface area (Å²) in [6.45, 7) is 1.85. The molecule has 0 spiro atoms. The van der Waals surface area contributed by atoms with Gasteiger partial charge in [-0.25, -0.2) is 4.79 Å². The normalized spacial score (nSPS) is 12.4. The lowest BCUT2D eigenvalue weighted by atomic mass is 10.1. The minimum absolute atomic E-state index is 0.0611. The van der Waals surface area contributed by atoms with Crippen LogP contribution in [0.1, 0.15) is 28.4 Å². The van der Waals surface area contributed by atoms with Gasteiger partial charge in [0.2, 0.25) is 5.91 Å². The Morgan fingerprint density at radius 2 is 2.00 bits per heavy atom. The molecule has 26 heavy (non-hydrogen) atoms. The topological polar surface area (TPSA) is 55.8 Å². The third-order valence-corrected chi connectivity index (χ3v) is 5.43. The number of esters is 1. The van der Waals surface area contributed by atoms with Gasteiger partial charge in [0.25, 0.3) is 0 Å². The van der Waals surface area contributed by atoms with Crippen molar-refractivity contribution < 1.29 is 19.1 Å². The number of methoxy groups -OCH3 is 1. The maximum absolute atomic E-state index is 11.8. The monoisotopic (exact) mass is 371 g/mol. The number of fused-ring (bicyclic) bond motifs is 1. The van der Waals surface area contributed by atoms with E-state index in [4.69, 9.17) is 9.47 Å². The Morgan fingerprint density at radius 3 is 2.73 bits per heavy atom. The molecule has 0 radical (unpaired) electrons. The number of benzene rings is 2. The van der Waals surface area contributed by atoms with Gasteiger partial charge in [0.15, 0.2) is 0 Å². The summed E-state index contributed by atoms with van der Waals surface area (Å²) in [6.07, 6.45) is 1.04. The van der Waals surface area contributed by atoms with Crippen molar-refractivity contribution in [2.75, 3.05) is 19.9 Å². The molecule has 1 aliphatic heterocycles. The number of hydrogen-bond donors (Lipinski definition) is 0. The summed E-state index contributed by atoms with van der Waals surface area (Å²) in [7, 11) is 3.06. The predicted molar refractivity (Wildman–Crippen MR) is 101 cm³/mol. The first-order chi connectivity index (χ1) is 12.5. The molecule has 0 aromatic heterocycles. The van der Waals surface area contributed by atoms with E-state index in [0.717, 1.165) is 23.5 Å². The summed E-state index contributed by atoms with van der Waals surface area (Å²) < 4.78 is 10.9. The first-order valence-electron chi connectivity index (χ1n) is 8.34. The van der Waals surface area contributed by atoms with Gasteiger partial charge in [-0.3, -0.25) is 4.79 Å². The quantitative estimate of drug-likeness (QED) is 0.747. The fourth-order valence-electron chi connectivity index (χ4n) is 2.77. The summed E-state index contributed by atoms with van der Waals surface area (Å²) in [5, 5.41) is 0. The van der Waals surface area contributed by atoms with Crippen molar-refractivity contribution in [3.8, 4) is 11.5 Å². The summed E-state index contributed by atoms with van der Waals surface area (Å²) in [6, 6.07) is 11.2. The molecule has 0 atom stereocenters. The van der Waals surface area contributed by atoms with Crippen LogP contribution in [0.5, 0.6) is 11.5 Å². The minimum atomic E-state index is -0.419. The van der Waals surface area contributed by atoms with Crippen molar-refractivity contribution in [3.63, 3.8) is 0 Å². The number of thioether (sulfide) groups is 1. The van der Waals surface area contributed by atoms with Crippen molar-refractivity contribution in [1.29, 1.82) is 0 Å². The van der Waals surface area contributed by atoms with E-state index in [1.54, 1.807) is 30.1 Å². The van der Waals surface area contributed by atoms with Crippen LogP contribution < -0.4 is 4.74 Å². The second kappa shape index (κ2) is 7.83. The largest absolute Gasteiger partial charge is 0.465 e. The minimum Gasteiger partial charge on any atom is -0.465 e. The van der Waals surface area contributed by atoms with Crippen LogP contribution >= 0.6 is 11.8 Å². The molecule has 0 saturated heterocycles. The predicted octanol–water partition coefficient (Wildman–Crippen LogP) is 3.89. The van der Waals surface area contributed by atoms with E-state index >= 15 is 0 Å². The molecule has 2 aromatic rings. The van der Waals surface area contributed by atoms with E-state index in [1.165, 1.54) is 24.5 Å². The average molecular weight is 371 g/mol. The number of nitrogens with zero attached hydrogens (tertiary/aromatic N) is 1. The fourth-order valence-corrected chi connectivity index (χ4v) is 3.82. The summed E-state index contributed by atoms with van der Waals surface area (Å²) in [4.78, 5) is 26.3. The lowest BCUT2D eigenvalue weighted by Gasteiger charge is -2.18. The highest BCUT2D eigenvalue weighted by atomic mass is 32.2. The fraction of sp³-hybridized carbons (Fsp3) is 0.300. The molecule has 1 aliphatic rings. The molecule has 2 aromatic carbocycles. The highest BCUT2D eigenvalue weighted by Crippen LogP contribution is 2.35. The third kappa shape index (κ3) is 4.02. The zero-order valence-corrected chi connectivity index (χ0v) is 15.9. The van der Waals surface area contributed by atoms with E-state index in [0.29, 0.717) is 17.9 Å². The van der Waals surface area contributed by atoms with Crippen molar-refractivity contribution >= 4 is 23.6 Å². The Morgan fingerprint density at radius 1 is 1.19 bits per heavy atom. The van der Waals surface area contributed by atoms with Crippen molar-refractivity contribution in [2.45, 2.75) is 24.8 Å². The molecule has 1 amide bonds. The SMILES string of the molecule is COC(=O)c1ccc(Oc2ccc3c(c2)CCS3)c(CN(C)C(C)=O)c1. The van der Waals surface area contributed by atoms with Crippen LogP contribution in [0.25, 0.3) is 0 Å². The zero-order valence-electron chi connectivity index (χ0n) is 15.1. The molecule has 0 bridgehead atoms. The standard InChI is InChI=1S/C20H21NO4S/c1-13(22)21(2)12-16-10-15(20(23)24-3)4-6-18(16)25-17-5-7-19-14(11-17)8-9-26-19/h4-7,10-11H,8-9,12H2,1-3H3. The molecular formula is C20H21NO4S. The molecule has 0 aliphatic carbocycles. The van der Waals surface area contributed by atoms with Gasteiger partial charge < -0.3 is 14.4 Å². The number of amides is 1. The maximum atomic E-state index is 11.8. The van der Waals surface area contributed by atoms with Gasteiger partial charge in [0.1, 0.15) is 11.5 Å². The van der Waals surface area contributed by atoms with Crippen LogP contribution in [0.2, 0.25) is 0 Å². The molecule has 1 heterocycles. The lowest BCUT2D eigenvalue weighted by molar-refractivity contribution is -0.128. The van der Waals surface area contributed by atoms with Crippen molar-refractivity contribution in [1.82, 2.24) is 4.90 Å². The Kier molecular flexibility index (Phi) is 5.52. The Bertz CT molecular complexity index is 850. The van der Waals surface area contributed by atoms with Crippen LogP contribution in [0, 0.1) is 0 Å². The molecule has 0 saturated carbocycles. The van der Waals surface area contributed by atoms with E-state index in [9.17, 15) is 9.59 Å². The number of carbonyl (C=O) groups is 2. The number of hydrogen-bond acceptors (Lipinski definition) is 5. The highest BCUT2D eigenvalue weighted by molar-refractivity contribution is 7.99. The third-order valence-electron chi connectivity index (χ3n) is 4.32. The molecule has 5 nitrogen and oxygen atoms in total. The van der Waals surface area contributed by atoms with Crippen LogP contribution in [0.15, 0.2) is 41.3 Å². The molecule has 3 rings (SSSR count). The van der Waals surface area contributed by atoms with E-state index in [1.807, 2.05) is 17.8 Å². The Hall–Kier alpha value is -2.47. The first-order valence-corrected chi connectivity index (χ1v) is 9.33. The molecular weight excluding hydrogens is 350 g/mol. The maximum Gasteiger partial charge on any atom is 0.337 e. The summed E-state index contributed by atoms with van der Waals surface area (Å²) in [5.41, 5.74) is 2.47. The van der Waals surface area contributed by atoms with Gasteiger partial charge >= 0.3 is 5.97 Å². The molecule has 136 valence electrons. The smallest absolute Gasteiger partial charge is 0.337 e. The second-order valence-corrected chi connectivity index (χ2v) is 7.30. The highest BCUT2D eigenvalue weighted by Gasteiger charge is 2.16. The number of ether oxygens (including phenoxy) is 2. The van der Waals surface area contributed by atoms with Crippen molar-refractivity contribution in [2.24, 2.45) is 0 Å². The Balaban J connectivity index is 1.91. The van der Waals surface area contributed by atoms with Gasteiger partial charge in [-0.1, -0.05) is 0 Å². The van der Waals surface area contributed by atoms with E-state index in [-0.39, 0.29) is 5.91 Å². The van der Waals surface area contributed by atoms with Crippen molar-refractivity contribution in [3.05, 3.63) is 53.1 Å². The van der Waals surface area contributed by atoms with Crippen LogP contribution in [-0.4, -0.2) is 36.7 Å². The Labute approximate surface area is 157 Å². The zero-order chi connectivity index (χ0) is 18.7. The lowest BCUT2D eigenvalue weighted by Crippen LogP contribution is -2.23. The van der Waals surface area contributed by atoms with Crippen LogP contribution in [0.4, 0.5) is 0 Å². The van der Waals surface area contributed by atoms with E-state index < -0.39 is 5.97 Å². The number of rotatable bonds is 5. The number of carbonyl (C=O) groups excluding carboxylic acids is 2. The summed E-state index contributed by atoms with van der Waals surface area (Å²) >= 11 is 1.85. The second-order valence-electron chi connectivity index (χ2n) is 6.16. The van der Waals surface area contributed by atoms with Gasteiger partial charge in [0.05, 0.1) is 12.7 Å². The van der Waals surface area contributed by atoms with E-state index in [2.05, 4.69) is 12.1 Å². The van der Waals surface area contributed by atoms with Crippen LogP contribution in [0.3, 0.4) is 0 Å². The van der Waals surface area contributed by atoms with Crippen LogP contribution in [-0.2, 0) is 22.5 Å². The average Bonchev–Trinajstić information content (AvgIpc) is 3.10. The van der Waals surface area contributed by atoms with Gasteiger partial charge in [-0.2, -0.15) is 0 Å². The molecule has 0 N–H and O–H groups in total. The van der Waals surface area contributed by atoms with Gasteiger partial charge in [-0.15, -0.1) is 11.8 Å². The van der Waals surface area contributed by atoms with Gasteiger partial charge in [0, 0.05) is 36.7 Å². The molecule has 0 unspecified atom stereocenters. The first kappa shape index (κ1) is 18.3. The summed E-state index contributed by atoms with van der Waals surface area (Å²) in [5.74, 6) is 1.99.